The van der Waals surface area contributed by atoms with E-state index in [1.54, 1.807) is 12.3 Å². The zero-order valence-electron chi connectivity index (χ0n) is 10.4. The highest BCUT2D eigenvalue weighted by Gasteiger charge is 2.06. The number of hydrogen-bond acceptors (Lipinski definition) is 2. The Hall–Kier alpha value is -2.29. The van der Waals surface area contributed by atoms with Gasteiger partial charge in [-0.25, -0.2) is 0 Å². The van der Waals surface area contributed by atoms with Gasteiger partial charge in [0.05, 0.1) is 6.20 Å². The van der Waals surface area contributed by atoms with Crippen molar-refractivity contribution in [3.63, 3.8) is 0 Å². The number of aromatic nitrogens is 1. The van der Waals surface area contributed by atoms with Gasteiger partial charge in [0.2, 0.25) is 0 Å². The first-order valence-corrected chi connectivity index (χ1v) is 5.73. The van der Waals surface area contributed by atoms with Crippen LogP contribution in [-0.4, -0.2) is 13.0 Å². The third-order valence-corrected chi connectivity index (χ3v) is 2.75. The second-order valence-corrected chi connectivity index (χ2v) is 3.98. The third kappa shape index (κ3) is 2.35. The second-order valence-electron chi connectivity index (χ2n) is 3.98. The second kappa shape index (κ2) is 5.36. The van der Waals surface area contributed by atoms with Crippen LogP contribution in [0.5, 0.6) is 0 Å². The van der Waals surface area contributed by atoms with Crippen LogP contribution < -0.4 is 5.46 Å². The molecule has 1 aromatic carbocycles. The van der Waals surface area contributed by atoms with Crippen LogP contribution in [0.15, 0.2) is 66.4 Å². The van der Waals surface area contributed by atoms with Gasteiger partial charge in [-0.15, -0.1) is 0 Å². The van der Waals surface area contributed by atoms with Crippen molar-refractivity contribution in [2.75, 3.05) is 0 Å². The average molecular weight is 235 g/mol. The first-order chi connectivity index (χ1) is 8.76. The Morgan fingerprint density at radius 3 is 2.44 bits per heavy atom. The van der Waals surface area contributed by atoms with E-state index in [9.17, 15) is 0 Å². The molecule has 0 fully saturated rings. The van der Waals surface area contributed by atoms with Crippen LogP contribution in [0.2, 0.25) is 0 Å². The van der Waals surface area contributed by atoms with E-state index in [0.717, 1.165) is 27.9 Å². The van der Waals surface area contributed by atoms with Gasteiger partial charge in [-0.05, 0) is 16.6 Å². The highest BCUT2D eigenvalue weighted by molar-refractivity contribution is 6.35. The lowest BCUT2D eigenvalue weighted by Crippen LogP contribution is -2.00. The first-order valence-electron chi connectivity index (χ1n) is 5.73. The Kier molecular flexibility index (Phi) is 3.63. The fourth-order valence-electron chi connectivity index (χ4n) is 1.79. The molecule has 2 aromatic rings. The topological polar surface area (TPSA) is 26.0 Å². The number of allylic oxidation sites excluding steroid dienone is 4. The van der Waals surface area contributed by atoms with Crippen molar-refractivity contribution in [3.05, 3.63) is 67.4 Å². The lowest BCUT2D eigenvalue weighted by Gasteiger charge is -2.03. The van der Waals surface area contributed by atoms with E-state index in [4.69, 9.17) is 4.52 Å². The minimum absolute atomic E-state index is 0.814. The van der Waals surface area contributed by atoms with Gasteiger partial charge in [-0.2, -0.15) is 0 Å². The Labute approximate surface area is 108 Å². The van der Waals surface area contributed by atoms with Gasteiger partial charge in [-0.1, -0.05) is 60.8 Å². The van der Waals surface area contributed by atoms with Crippen LogP contribution >= 0.6 is 0 Å². The van der Waals surface area contributed by atoms with Crippen LogP contribution in [0.3, 0.4) is 0 Å². The number of rotatable bonds is 4. The largest absolute Gasteiger partial charge is 0.357 e. The van der Waals surface area contributed by atoms with Crippen LogP contribution in [0, 0.1) is 0 Å². The van der Waals surface area contributed by atoms with Crippen LogP contribution in [0.25, 0.3) is 16.9 Å². The smallest absolute Gasteiger partial charge is 0.160 e. The third-order valence-electron chi connectivity index (χ3n) is 2.75. The van der Waals surface area contributed by atoms with Crippen molar-refractivity contribution in [1.29, 1.82) is 0 Å². The Morgan fingerprint density at radius 1 is 1.22 bits per heavy atom. The molecule has 0 spiro atoms. The summed E-state index contributed by atoms with van der Waals surface area (Å²) in [5.41, 5.74) is 4.21. The molecule has 0 atom stereocenters. The van der Waals surface area contributed by atoms with Gasteiger partial charge in [0, 0.05) is 5.56 Å². The molecule has 1 aromatic heterocycles. The predicted molar refractivity (Wildman–Crippen MR) is 78.5 cm³/mol. The minimum Gasteiger partial charge on any atom is -0.357 e. The van der Waals surface area contributed by atoms with E-state index in [1.165, 1.54) is 0 Å². The van der Waals surface area contributed by atoms with Crippen molar-refractivity contribution < 1.29 is 4.52 Å². The van der Waals surface area contributed by atoms with Gasteiger partial charge in [0.25, 0.3) is 0 Å². The Bertz CT molecular complexity index is 593. The molecule has 0 aliphatic heterocycles. The Morgan fingerprint density at radius 2 is 1.94 bits per heavy atom. The molecule has 88 valence electrons. The highest BCUT2D eigenvalue weighted by Crippen LogP contribution is 2.21. The van der Waals surface area contributed by atoms with Gasteiger partial charge < -0.3 is 4.52 Å². The summed E-state index contributed by atoms with van der Waals surface area (Å²) in [6, 6.07) is 8.11. The van der Waals surface area contributed by atoms with Crippen molar-refractivity contribution in [1.82, 2.24) is 5.16 Å². The van der Waals surface area contributed by atoms with E-state index in [0.29, 0.717) is 0 Å². The molecule has 2 rings (SSSR count). The summed E-state index contributed by atoms with van der Waals surface area (Å²) in [6.45, 7) is 7.49. The maximum absolute atomic E-state index is 5.22. The first kappa shape index (κ1) is 12.2. The molecule has 0 saturated carbocycles. The van der Waals surface area contributed by atoms with Gasteiger partial charge in [-0.3, -0.25) is 0 Å². The molecule has 0 N–H and O–H groups in total. The number of hydrogen-bond donors (Lipinski definition) is 0. The van der Waals surface area contributed by atoms with Crippen molar-refractivity contribution >= 4 is 18.9 Å². The molecule has 18 heavy (non-hydrogen) atoms. The van der Waals surface area contributed by atoms with E-state index in [2.05, 4.69) is 18.3 Å². The SMILES string of the molecule is Bc1cnoc1-c1ccc(/C(C=C)=C/C=C)cc1. The van der Waals surface area contributed by atoms with Gasteiger partial charge in [0.1, 0.15) is 7.85 Å². The standard InChI is InChI=1S/C15H14BNO/c1-3-5-11(4-2)12-6-8-13(9-7-12)15-14(16)10-17-18-15/h3-10H,1-2,16H2/b11-5+. The predicted octanol–water partition coefficient (Wildman–Crippen LogP) is 2.36. The Balaban J connectivity index is 2.36. The van der Waals surface area contributed by atoms with E-state index in [1.807, 2.05) is 44.3 Å². The summed E-state index contributed by atoms with van der Waals surface area (Å²) in [4.78, 5) is 0. The molecule has 0 amide bonds. The maximum atomic E-state index is 5.22. The van der Waals surface area contributed by atoms with Crippen molar-refractivity contribution in [3.8, 4) is 11.3 Å². The molecule has 0 aliphatic rings. The molecule has 0 unspecified atom stereocenters. The number of benzene rings is 1. The summed E-state index contributed by atoms with van der Waals surface area (Å²) in [5, 5.41) is 3.79. The molecule has 0 saturated heterocycles. The summed E-state index contributed by atoms with van der Waals surface area (Å²) >= 11 is 0. The zero-order valence-corrected chi connectivity index (χ0v) is 10.4. The molecule has 0 bridgehead atoms. The monoisotopic (exact) mass is 235 g/mol. The summed E-state index contributed by atoms with van der Waals surface area (Å²) in [5.74, 6) is 0.814. The lowest BCUT2D eigenvalue weighted by atomic mass is 9.93. The fourth-order valence-corrected chi connectivity index (χ4v) is 1.79. The summed E-state index contributed by atoms with van der Waals surface area (Å²) in [7, 11) is 1.98. The lowest BCUT2D eigenvalue weighted by molar-refractivity contribution is 0.432. The van der Waals surface area contributed by atoms with Crippen LogP contribution in [0.4, 0.5) is 0 Å². The normalized spacial score (nSPS) is 11.2. The van der Waals surface area contributed by atoms with Crippen LogP contribution in [0.1, 0.15) is 5.56 Å². The van der Waals surface area contributed by atoms with Gasteiger partial charge >= 0.3 is 0 Å². The maximum Gasteiger partial charge on any atom is 0.160 e. The molecule has 0 aliphatic carbocycles. The molecular weight excluding hydrogens is 221 g/mol. The highest BCUT2D eigenvalue weighted by atomic mass is 16.5. The molecular formula is C15H14BNO. The van der Waals surface area contributed by atoms with E-state index in [-0.39, 0.29) is 0 Å². The molecule has 2 nitrogen and oxygen atoms in total. The van der Waals surface area contributed by atoms with Crippen molar-refractivity contribution in [2.24, 2.45) is 0 Å². The van der Waals surface area contributed by atoms with Gasteiger partial charge in [0.15, 0.2) is 5.76 Å². The summed E-state index contributed by atoms with van der Waals surface area (Å²) in [6.07, 6.45) is 7.22. The molecule has 3 heteroatoms. The number of nitrogens with zero attached hydrogens (tertiary/aromatic N) is 1. The summed E-state index contributed by atoms with van der Waals surface area (Å²) < 4.78 is 5.22. The minimum atomic E-state index is 0.814. The van der Waals surface area contributed by atoms with Crippen molar-refractivity contribution in [2.45, 2.75) is 0 Å². The van der Waals surface area contributed by atoms with Crippen LogP contribution in [-0.2, 0) is 0 Å². The average Bonchev–Trinajstić information content (AvgIpc) is 2.82. The molecule has 0 radical (unpaired) electrons. The van der Waals surface area contributed by atoms with E-state index < -0.39 is 0 Å². The zero-order chi connectivity index (χ0) is 13.0. The van der Waals surface area contributed by atoms with E-state index >= 15 is 0 Å². The quantitative estimate of drug-likeness (QED) is 0.600. The fraction of sp³-hybridized carbons (Fsp3) is 0. The molecule has 1 heterocycles.